The molecule has 1 aromatic heterocycles. The molecule has 3 aromatic rings. The Balaban J connectivity index is 1.52. The van der Waals surface area contributed by atoms with E-state index in [1.807, 2.05) is 18.2 Å². The van der Waals surface area contributed by atoms with Crippen molar-refractivity contribution in [3.63, 3.8) is 0 Å². The van der Waals surface area contributed by atoms with E-state index in [9.17, 15) is 9.90 Å². The molecular weight excluding hydrogens is 346 g/mol. The van der Waals surface area contributed by atoms with E-state index in [1.165, 1.54) is 0 Å². The molecule has 1 unspecified atom stereocenters. The Kier molecular flexibility index (Phi) is 4.17. The van der Waals surface area contributed by atoms with Crippen LogP contribution in [0.4, 0.5) is 5.69 Å². The summed E-state index contributed by atoms with van der Waals surface area (Å²) in [6.07, 6.45) is 1.04. The Morgan fingerprint density at radius 1 is 1.22 bits per heavy atom. The van der Waals surface area contributed by atoms with Gasteiger partial charge in [-0.15, -0.1) is 5.11 Å². The maximum absolute atomic E-state index is 12.0. The summed E-state index contributed by atoms with van der Waals surface area (Å²) in [5.74, 6) is -0.0808. The van der Waals surface area contributed by atoms with Gasteiger partial charge in [-0.2, -0.15) is 10.2 Å². The highest BCUT2D eigenvalue weighted by Crippen LogP contribution is 2.24. The molecule has 136 valence electrons. The van der Waals surface area contributed by atoms with Crippen LogP contribution < -0.4 is 16.4 Å². The summed E-state index contributed by atoms with van der Waals surface area (Å²) >= 11 is 0. The van der Waals surface area contributed by atoms with E-state index in [0.29, 0.717) is 12.4 Å². The largest absolute Gasteiger partial charge is 0.508 e. The van der Waals surface area contributed by atoms with Gasteiger partial charge in [0.25, 0.3) is 5.91 Å². The number of aromatic nitrogens is 2. The third kappa shape index (κ3) is 3.43. The van der Waals surface area contributed by atoms with Crippen molar-refractivity contribution in [3.05, 3.63) is 65.6 Å². The smallest absolute Gasteiger partial charge is 0.252 e. The number of fused-ring (bicyclic) bond motifs is 1. The van der Waals surface area contributed by atoms with Gasteiger partial charge < -0.3 is 21.5 Å². The molecule has 0 saturated heterocycles. The van der Waals surface area contributed by atoms with Crippen molar-refractivity contribution in [2.75, 3.05) is 5.32 Å². The highest BCUT2D eigenvalue weighted by atomic mass is 16.3. The van der Waals surface area contributed by atoms with Crippen LogP contribution in [0.25, 0.3) is 10.9 Å². The van der Waals surface area contributed by atoms with Crippen LogP contribution in [0, 0.1) is 0 Å². The number of aromatic amines is 1. The van der Waals surface area contributed by atoms with Crippen molar-refractivity contribution in [3.8, 4) is 5.75 Å². The molecule has 9 heteroatoms. The number of nitrogens with zero attached hydrogens (tertiary/aromatic N) is 3. The number of benzene rings is 2. The second-order valence-corrected chi connectivity index (χ2v) is 6.08. The molecule has 2 heterocycles. The molecule has 1 aliphatic heterocycles. The van der Waals surface area contributed by atoms with E-state index in [-0.39, 0.29) is 11.3 Å². The van der Waals surface area contributed by atoms with Gasteiger partial charge in [0.2, 0.25) is 0 Å². The molecule has 0 bridgehead atoms. The Labute approximate surface area is 154 Å². The fraction of sp³-hybridized carbons (Fsp3) is 0.111. The first kappa shape index (κ1) is 16.6. The summed E-state index contributed by atoms with van der Waals surface area (Å²) in [6, 6.07) is 12.4. The number of H-pyrrole nitrogens is 1. The first-order valence-corrected chi connectivity index (χ1v) is 8.26. The molecule has 4 rings (SSSR count). The zero-order valence-electron chi connectivity index (χ0n) is 14.2. The van der Waals surface area contributed by atoms with Crippen molar-refractivity contribution >= 4 is 22.5 Å². The van der Waals surface area contributed by atoms with Crippen LogP contribution in [0.1, 0.15) is 5.56 Å². The van der Waals surface area contributed by atoms with Crippen LogP contribution in [0.5, 0.6) is 5.75 Å². The number of aromatic hydroxyl groups is 1. The van der Waals surface area contributed by atoms with Gasteiger partial charge in [-0.1, -0.05) is 12.1 Å². The first-order chi connectivity index (χ1) is 13.1. The van der Waals surface area contributed by atoms with E-state index in [2.05, 4.69) is 31.1 Å². The summed E-state index contributed by atoms with van der Waals surface area (Å²) in [4.78, 5) is 12.0. The molecule has 9 nitrogen and oxygen atoms in total. The fourth-order valence-corrected chi connectivity index (χ4v) is 2.83. The van der Waals surface area contributed by atoms with Gasteiger partial charge >= 0.3 is 0 Å². The average Bonchev–Trinajstić information content (AvgIpc) is 3.27. The number of hydrogen-bond acceptors (Lipinski definition) is 7. The Bertz CT molecular complexity index is 1050. The summed E-state index contributed by atoms with van der Waals surface area (Å²) in [7, 11) is 0. The van der Waals surface area contributed by atoms with E-state index in [1.54, 1.807) is 30.5 Å². The maximum Gasteiger partial charge on any atom is 0.252 e. The van der Waals surface area contributed by atoms with Gasteiger partial charge in [-0.05, 0) is 35.9 Å². The third-order valence-electron chi connectivity index (χ3n) is 4.21. The van der Waals surface area contributed by atoms with Crippen molar-refractivity contribution in [2.45, 2.75) is 12.7 Å². The van der Waals surface area contributed by atoms with Gasteiger partial charge in [0, 0.05) is 17.6 Å². The minimum absolute atomic E-state index is 0.190. The van der Waals surface area contributed by atoms with E-state index >= 15 is 0 Å². The van der Waals surface area contributed by atoms with Crippen LogP contribution in [-0.4, -0.2) is 27.4 Å². The molecule has 0 saturated carbocycles. The number of carbonyl (C=O) groups is 1. The summed E-state index contributed by atoms with van der Waals surface area (Å²) in [5.41, 5.74) is 8.42. The molecule has 0 fully saturated rings. The molecule has 1 aliphatic rings. The monoisotopic (exact) mass is 363 g/mol. The number of nitrogens with one attached hydrogen (secondary N) is 3. The van der Waals surface area contributed by atoms with Crippen molar-refractivity contribution in [1.82, 2.24) is 15.5 Å². The van der Waals surface area contributed by atoms with Crippen LogP contribution in [0.3, 0.4) is 0 Å². The predicted octanol–water partition coefficient (Wildman–Crippen LogP) is 1.96. The van der Waals surface area contributed by atoms with Crippen molar-refractivity contribution < 1.29 is 9.90 Å². The molecular formula is C18H17N7O2. The first-order valence-electron chi connectivity index (χ1n) is 8.26. The lowest BCUT2D eigenvalue weighted by molar-refractivity contribution is -0.114. The number of amides is 1. The number of rotatable bonds is 6. The van der Waals surface area contributed by atoms with E-state index in [0.717, 1.165) is 22.2 Å². The highest BCUT2D eigenvalue weighted by molar-refractivity contribution is 5.95. The molecule has 6 N–H and O–H groups in total. The van der Waals surface area contributed by atoms with Gasteiger partial charge in [-0.25, -0.2) is 0 Å². The molecule has 1 atom stereocenters. The number of primary amides is 1. The molecule has 2 aromatic carbocycles. The predicted molar refractivity (Wildman–Crippen MR) is 99.5 cm³/mol. The average molecular weight is 363 g/mol. The number of phenolic OH excluding ortho intramolecular Hbond substituents is 1. The summed E-state index contributed by atoms with van der Waals surface area (Å²) in [5, 5.41) is 31.6. The normalized spacial score (nSPS) is 16.1. The number of carbonyl (C=O) groups excluding carboxylic acids is 1. The minimum Gasteiger partial charge on any atom is -0.508 e. The van der Waals surface area contributed by atoms with Crippen LogP contribution in [0.15, 0.2) is 70.3 Å². The van der Waals surface area contributed by atoms with Gasteiger partial charge in [0.1, 0.15) is 11.3 Å². The topological polar surface area (TPSA) is 141 Å². The number of nitrogens with two attached hydrogens (primary N) is 1. The third-order valence-corrected chi connectivity index (χ3v) is 4.21. The Morgan fingerprint density at radius 2 is 2.04 bits per heavy atom. The van der Waals surface area contributed by atoms with Crippen LogP contribution >= 0.6 is 0 Å². The van der Waals surface area contributed by atoms with Gasteiger partial charge in [-0.3, -0.25) is 9.89 Å². The number of anilines is 1. The number of phenols is 1. The molecule has 0 radical (unpaired) electrons. The molecule has 0 aliphatic carbocycles. The lowest BCUT2D eigenvalue weighted by Crippen LogP contribution is -2.29. The van der Waals surface area contributed by atoms with E-state index < -0.39 is 12.1 Å². The van der Waals surface area contributed by atoms with Crippen LogP contribution in [0.2, 0.25) is 0 Å². The fourth-order valence-electron chi connectivity index (χ4n) is 2.83. The molecule has 27 heavy (non-hydrogen) atoms. The molecule has 0 spiro atoms. The number of hydrogen-bond donors (Lipinski definition) is 5. The summed E-state index contributed by atoms with van der Waals surface area (Å²) < 4.78 is 0. The second kappa shape index (κ2) is 6.79. The SMILES string of the molecule is NC(=O)C1=C(NCc2ccc(O)cc2)N=NC1Nc1ccc2[nH]ncc2c1. The van der Waals surface area contributed by atoms with Gasteiger partial charge in [0.05, 0.1) is 11.7 Å². The Morgan fingerprint density at radius 3 is 2.81 bits per heavy atom. The summed E-state index contributed by atoms with van der Waals surface area (Å²) in [6.45, 7) is 0.416. The van der Waals surface area contributed by atoms with Gasteiger partial charge in [0.15, 0.2) is 12.0 Å². The highest BCUT2D eigenvalue weighted by Gasteiger charge is 2.28. The van der Waals surface area contributed by atoms with Crippen molar-refractivity contribution in [2.24, 2.45) is 16.0 Å². The van der Waals surface area contributed by atoms with Crippen molar-refractivity contribution in [1.29, 1.82) is 0 Å². The Hall–Kier alpha value is -3.88. The zero-order valence-corrected chi connectivity index (χ0v) is 14.2. The van der Waals surface area contributed by atoms with Crippen LogP contribution in [-0.2, 0) is 11.3 Å². The zero-order chi connectivity index (χ0) is 18.8. The van der Waals surface area contributed by atoms with E-state index in [4.69, 9.17) is 5.73 Å². The lowest BCUT2D eigenvalue weighted by atomic mass is 10.1. The lowest BCUT2D eigenvalue weighted by Gasteiger charge is -2.13. The number of azo groups is 1. The minimum atomic E-state index is -0.672. The second-order valence-electron chi connectivity index (χ2n) is 6.08. The standard InChI is InChI=1S/C18H17N7O2/c19-16(27)15-17(20-8-10-1-4-13(26)5-2-10)24-25-18(15)22-12-3-6-14-11(7-12)9-21-23-14/h1-7,9,18,20,22,26H,8H2,(H2,19,27)(H,21,23). The molecule has 1 amide bonds. The quantitative estimate of drug-likeness (QED) is 0.455. The maximum atomic E-state index is 12.0.